The number of Topliss-reactive ketones (excluding diaryl/α,β-unsaturated/α-hetero) is 1. The number of hydrogen-bond donors (Lipinski definition) is 0. The highest BCUT2D eigenvalue weighted by Crippen LogP contribution is 2.33. The third-order valence-electron chi connectivity index (χ3n) is 5.97. The number of rotatable bonds is 8. The first-order chi connectivity index (χ1) is 14.7. The lowest BCUT2D eigenvalue weighted by molar-refractivity contribution is -0.134. The Morgan fingerprint density at radius 1 is 1.19 bits per heavy atom. The number of esters is 1. The van der Waals surface area contributed by atoms with Crippen LogP contribution < -0.4 is 0 Å². The molecule has 1 atom stereocenters. The van der Waals surface area contributed by atoms with Crippen LogP contribution in [0.2, 0.25) is 0 Å². The highest BCUT2D eigenvalue weighted by molar-refractivity contribution is 6.06. The second-order valence-electron chi connectivity index (χ2n) is 8.12. The van der Waals surface area contributed by atoms with E-state index in [9.17, 15) is 18.8 Å². The molecular weight excluding hydrogens is 399 g/mol. The molecule has 1 saturated carbocycles. The van der Waals surface area contributed by atoms with E-state index in [1.165, 1.54) is 12.1 Å². The van der Waals surface area contributed by atoms with Crippen molar-refractivity contribution in [2.24, 2.45) is 13.0 Å². The summed E-state index contributed by atoms with van der Waals surface area (Å²) in [7, 11) is 1.72. The normalized spacial score (nSPS) is 14.3. The van der Waals surface area contributed by atoms with Crippen molar-refractivity contribution in [3.63, 3.8) is 0 Å². The summed E-state index contributed by atoms with van der Waals surface area (Å²) in [6, 6.07) is 5.21. The van der Waals surface area contributed by atoms with Crippen molar-refractivity contribution >= 4 is 17.7 Å². The average Bonchev–Trinajstić information content (AvgIpc) is 3.55. The van der Waals surface area contributed by atoms with Gasteiger partial charge in [0.25, 0.3) is 0 Å². The Morgan fingerprint density at radius 3 is 2.35 bits per heavy atom. The fraction of sp³-hybridized carbons (Fsp3) is 0.458. The zero-order valence-electron chi connectivity index (χ0n) is 18.7. The quantitative estimate of drug-likeness (QED) is 0.471. The summed E-state index contributed by atoms with van der Waals surface area (Å²) >= 11 is 0. The number of carbonyl (C=O) groups is 3. The van der Waals surface area contributed by atoms with E-state index in [-0.39, 0.29) is 36.6 Å². The molecule has 6 nitrogen and oxygen atoms in total. The molecular formula is C24H29FN2O4. The zero-order chi connectivity index (χ0) is 22.9. The second kappa shape index (κ2) is 9.04. The van der Waals surface area contributed by atoms with E-state index in [4.69, 9.17) is 4.74 Å². The number of carbonyl (C=O) groups excluding carboxylic acids is 3. The molecule has 0 radical (unpaired) electrons. The molecule has 0 aliphatic heterocycles. The van der Waals surface area contributed by atoms with E-state index in [1.54, 1.807) is 56.3 Å². The molecule has 7 heteroatoms. The van der Waals surface area contributed by atoms with Gasteiger partial charge in [0.05, 0.1) is 12.6 Å². The van der Waals surface area contributed by atoms with Crippen molar-refractivity contribution in [1.82, 2.24) is 9.47 Å². The lowest BCUT2D eigenvalue weighted by Crippen LogP contribution is -2.43. The molecule has 31 heavy (non-hydrogen) atoms. The van der Waals surface area contributed by atoms with Crippen LogP contribution in [0, 0.1) is 25.6 Å². The maximum absolute atomic E-state index is 13.5. The smallest absolute Gasteiger partial charge is 0.355 e. The monoisotopic (exact) mass is 428 g/mol. The lowest BCUT2D eigenvalue weighted by atomic mass is 9.99. The van der Waals surface area contributed by atoms with Crippen LogP contribution in [0.5, 0.6) is 0 Å². The zero-order valence-corrected chi connectivity index (χ0v) is 18.7. The van der Waals surface area contributed by atoms with Gasteiger partial charge in [0.1, 0.15) is 11.5 Å². The molecule has 2 aromatic rings. The molecule has 0 bridgehead atoms. The van der Waals surface area contributed by atoms with Gasteiger partial charge in [-0.1, -0.05) is 12.1 Å². The van der Waals surface area contributed by atoms with Gasteiger partial charge >= 0.3 is 5.97 Å². The van der Waals surface area contributed by atoms with Gasteiger partial charge in [0.15, 0.2) is 5.78 Å². The first-order valence-corrected chi connectivity index (χ1v) is 10.6. The van der Waals surface area contributed by atoms with E-state index < -0.39 is 12.0 Å². The maximum Gasteiger partial charge on any atom is 0.355 e. The molecule has 1 aliphatic carbocycles. The van der Waals surface area contributed by atoms with E-state index in [0.29, 0.717) is 22.5 Å². The van der Waals surface area contributed by atoms with Gasteiger partial charge in [0, 0.05) is 30.8 Å². The largest absolute Gasteiger partial charge is 0.461 e. The fourth-order valence-electron chi connectivity index (χ4n) is 3.94. The summed E-state index contributed by atoms with van der Waals surface area (Å²) in [5.74, 6) is -1.19. The molecule has 166 valence electrons. The molecule has 1 aromatic heterocycles. The topological polar surface area (TPSA) is 68.6 Å². The van der Waals surface area contributed by atoms with Crippen LogP contribution >= 0.6 is 0 Å². The van der Waals surface area contributed by atoms with E-state index in [0.717, 1.165) is 18.4 Å². The van der Waals surface area contributed by atoms with Crippen molar-refractivity contribution in [1.29, 1.82) is 0 Å². The second-order valence-corrected chi connectivity index (χ2v) is 8.12. The number of hydrogen-bond acceptors (Lipinski definition) is 4. The maximum atomic E-state index is 13.5. The molecule has 3 rings (SSSR count). The van der Waals surface area contributed by atoms with E-state index in [2.05, 4.69) is 0 Å². The number of aromatic nitrogens is 1. The first-order valence-electron chi connectivity index (χ1n) is 10.6. The minimum Gasteiger partial charge on any atom is -0.461 e. The Kier molecular flexibility index (Phi) is 6.62. The number of halogens is 1. The summed E-state index contributed by atoms with van der Waals surface area (Å²) in [5.41, 5.74) is 2.73. The minimum absolute atomic E-state index is 0.0660. The van der Waals surface area contributed by atoms with E-state index in [1.807, 2.05) is 0 Å². The Balaban J connectivity index is 1.94. The number of ether oxygens (including phenoxy) is 1. The number of benzene rings is 1. The predicted octanol–water partition coefficient (Wildman–Crippen LogP) is 3.97. The van der Waals surface area contributed by atoms with Crippen molar-refractivity contribution in [2.45, 2.75) is 53.1 Å². The Labute approximate surface area is 182 Å². The summed E-state index contributed by atoms with van der Waals surface area (Å²) in [6.07, 6.45) is 1.63. The van der Waals surface area contributed by atoms with Gasteiger partial charge in [-0.2, -0.15) is 0 Å². The Bertz CT molecular complexity index is 1010. The van der Waals surface area contributed by atoms with Crippen LogP contribution in [0.15, 0.2) is 24.3 Å². The highest BCUT2D eigenvalue weighted by Gasteiger charge is 2.38. The van der Waals surface area contributed by atoms with Gasteiger partial charge in [-0.3, -0.25) is 9.59 Å². The van der Waals surface area contributed by atoms with Crippen LogP contribution in [-0.2, 0) is 23.1 Å². The van der Waals surface area contributed by atoms with Crippen molar-refractivity contribution in [2.75, 3.05) is 6.61 Å². The van der Waals surface area contributed by atoms with Crippen molar-refractivity contribution in [3.8, 4) is 0 Å². The fourth-order valence-corrected chi connectivity index (χ4v) is 3.94. The van der Waals surface area contributed by atoms with Crippen LogP contribution in [0.3, 0.4) is 0 Å². The molecule has 1 heterocycles. The van der Waals surface area contributed by atoms with Crippen LogP contribution in [0.25, 0.3) is 0 Å². The summed E-state index contributed by atoms with van der Waals surface area (Å²) in [4.78, 5) is 40.5. The molecule has 1 amide bonds. The SMILES string of the molecule is CCOC(=O)c1c(C)c(C(=O)[C@H](C)N(Cc2ccc(F)cc2)C(=O)C2CC2)c(C)n1C. The lowest BCUT2D eigenvalue weighted by Gasteiger charge is -2.29. The summed E-state index contributed by atoms with van der Waals surface area (Å²) in [5, 5.41) is 0. The molecule has 0 unspecified atom stereocenters. The number of ketones is 1. The molecule has 0 saturated heterocycles. The van der Waals surface area contributed by atoms with Crippen molar-refractivity contribution < 1.29 is 23.5 Å². The molecule has 0 N–H and O–H groups in total. The summed E-state index contributed by atoms with van der Waals surface area (Å²) in [6.45, 7) is 7.41. The molecule has 1 aromatic carbocycles. The Morgan fingerprint density at radius 2 is 1.81 bits per heavy atom. The standard InChI is InChI=1S/C24H29FN2O4/c1-6-31-24(30)21-14(2)20(15(3)26(21)5)22(28)16(4)27(23(29)18-9-10-18)13-17-7-11-19(25)12-8-17/h7-8,11-12,16,18H,6,9-10,13H2,1-5H3/t16-/m0/s1. The van der Waals surface area contributed by atoms with E-state index >= 15 is 0 Å². The van der Waals surface area contributed by atoms with Gasteiger partial charge in [-0.05, 0) is 63.8 Å². The van der Waals surface area contributed by atoms with Gasteiger partial charge in [-0.25, -0.2) is 9.18 Å². The van der Waals surface area contributed by atoms with Crippen LogP contribution in [0.4, 0.5) is 4.39 Å². The highest BCUT2D eigenvalue weighted by atomic mass is 19.1. The minimum atomic E-state index is -0.729. The van der Waals surface area contributed by atoms with Gasteiger partial charge in [-0.15, -0.1) is 0 Å². The van der Waals surface area contributed by atoms with Gasteiger partial charge < -0.3 is 14.2 Å². The third-order valence-corrected chi connectivity index (χ3v) is 5.97. The number of nitrogens with zero attached hydrogens (tertiary/aromatic N) is 2. The first kappa shape index (κ1) is 22.7. The van der Waals surface area contributed by atoms with Crippen molar-refractivity contribution in [3.05, 3.63) is 58.2 Å². The summed E-state index contributed by atoms with van der Waals surface area (Å²) < 4.78 is 20.1. The number of amides is 1. The average molecular weight is 429 g/mol. The molecule has 1 aliphatic rings. The predicted molar refractivity (Wildman–Crippen MR) is 114 cm³/mol. The van der Waals surface area contributed by atoms with Gasteiger partial charge in [0.2, 0.25) is 5.91 Å². The molecule has 0 spiro atoms. The third kappa shape index (κ3) is 4.55. The van der Waals surface area contributed by atoms with Crippen LogP contribution in [-0.4, -0.2) is 39.8 Å². The Hall–Kier alpha value is -2.96. The molecule has 1 fully saturated rings. The van der Waals surface area contributed by atoms with Crippen LogP contribution in [0.1, 0.15) is 64.4 Å².